The van der Waals surface area contributed by atoms with Gasteiger partial charge in [0.25, 0.3) is 0 Å². The van der Waals surface area contributed by atoms with Crippen LogP contribution < -0.4 is 5.32 Å². The fraction of sp³-hybridized carbons (Fsp3) is 0.571. The molecule has 0 fully saturated rings. The molecular formula is C7H12BrN3. The summed E-state index contributed by atoms with van der Waals surface area (Å²) in [5.41, 5.74) is 1.24. The molecule has 1 aromatic rings. The van der Waals surface area contributed by atoms with Crippen LogP contribution in [0.3, 0.4) is 0 Å². The number of halogens is 1. The van der Waals surface area contributed by atoms with E-state index in [1.807, 2.05) is 24.8 Å². The van der Waals surface area contributed by atoms with Crippen molar-refractivity contribution in [3.63, 3.8) is 0 Å². The second-order valence-corrected chi connectivity index (χ2v) is 3.25. The number of nitrogens with one attached hydrogen (secondary N) is 1. The molecule has 4 heteroatoms. The number of rotatable bonds is 3. The summed E-state index contributed by atoms with van der Waals surface area (Å²) < 4.78 is 2.80. The predicted octanol–water partition coefficient (Wildman–Crippen LogP) is 0.945. The summed E-state index contributed by atoms with van der Waals surface area (Å²) in [6, 6.07) is 2.04. The molecule has 0 radical (unpaired) electrons. The molecule has 1 N–H and O–H groups in total. The molecule has 11 heavy (non-hydrogen) atoms. The molecule has 1 aromatic heterocycles. The van der Waals surface area contributed by atoms with Gasteiger partial charge in [-0.1, -0.05) is 0 Å². The molecule has 0 aliphatic carbocycles. The largest absolute Gasteiger partial charge is 0.319 e. The van der Waals surface area contributed by atoms with E-state index in [1.54, 1.807) is 0 Å². The van der Waals surface area contributed by atoms with Gasteiger partial charge in [0.2, 0.25) is 0 Å². The zero-order valence-corrected chi connectivity index (χ0v) is 8.35. The van der Waals surface area contributed by atoms with Gasteiger partial charge in [0.15, 0.2) is 0 Å². The third kappa shape index (κ3) is 2.31. The quantitative estimate of drug-likeness (QED) is 0.818. The van der Waals surface area contributed by atoms with Crippen LogP contribution in [0, 0.1) is 0 Å². The van der Waals surface area contributed by atoms with Crippen LogP contribution in [0.25, 0.3) is 0 Å². The molecule has 0 aromatic carbocycles. The lowest BCUT2D eigenvalue weighted by atomic mass is 10.3. The Morgan fingerprint density at radius 1 is 1.73 bits per heavy atom. The highest BCUT2D eigenvalue weighted by Crippen LogP contribution is 2.09. The van der Waals surface area contributed by atoms with Gasteiger partial charge in [-0.3, -0.25) is 4.68 Å². The molecule has 1 heterocycles. The SMILES string of the molecule is CNCCc1cc(Br)nn1C. The molecule has 0 unspecified atom stereocenters. The molecule has 0 saturated carbocycles. The summed E-state index contributed by atoms with van der Waals surface area (Å²) in [6.45, 7) is 0.992. The lowest BCUT2D eigenvalue weighted by Gasteiger charge is -1.99. The van der Waals surface area contributed by atoms with E-state index in [0.717, 1.165) is 17.6 Å². The first-order valence-electron chi connectivity index (χ1n) is 3.57. The minimum absolute atomic E-state index is 0.908. The third-order valence-corrected chi connectivity index (χ3v) is 1.97. The maximum Gasteiger partial charge on any atom is 0.128 e. The van der Waals surface area contributed by atoms with Crippen LogP contribution in [-0.4, -0.2) is 23.4 Å². The first-order chi connectivity index (χ1) is 5.24. The summed E-state index contributed by atoms with van der Waals surface area (Å²) in [5, 5.41) is 7.27. The van der Waals surface area contributed by atoms with Gasteiger partial charge in [-0.2, -0.15) is 5.10 Å². The molecule has 0 atom stereocenters. The second kappa shape index (κ2) is 3.88. The lowest BCUT2D eigenvalue weighted by Crippen LogP contribution is -2.12. The third-order valence-electron chi connectivity index (χ3n) is 1.58. The van der Waals surface area contributed by atoms with Crippen LogP contribution in [0.1, 0.15) is 5.69 Å². The van der Waals surface area contributed by atoms with Crippen LogP contribution >= 0.6 is 15.9 Å². The highest BCUT2D eigenvalue weighted by atomic mass is 79.9. The van der Waals surface area contributed by atoms with E-state index in [-0.39, 0.29) is 0 Å². The number of nitrogens with zero attached hydrogens (tertiary/aromatic N) is 2. The Labute approximate surface area is 74.9 Å². The van der Waals surface area contributed by atoms with Gasteiger partial charge in [0.1, 0.15) is 4.60 Å². The monoisotopic (exact) mass is 217 g/mol. The van der Waals surface area contributed by atoms with Crippen molar-refractivity contribution in [3.8, 4) is 0 Å². The van der Waals surface area contributed by atoms with Gasteiger partial charge in [0.05, 0.1) is 0 Å². The summed E-state index contributed by atoms with van der Waals surface area (Å²) in [5.74, 6) is 0. The van der Waals surface area contributed by atoms with E-state index in [9.17, 15) is 0 Å². The van der Waals surface area contributed by atoms with Gasteiger partial charge in [0, 0.05) is 25.7 Å². The molecule has 3 nitrogen and oxygen atoms in total. The normalized spacial score (nSPS) is 10.5. The van der Waals surface area contributed by atoms with Crippen LogP contribution in [0.15, 0.2) is 10.7 Å². The van der Waals surface area contributed by atoms with Gasteiger partial charge < -0.3 is 5.32 Å². The highest BCUT2D eigenvalue weighted by molar-refractivity contribution is 9.10. The Kier molecular flexibility index (Phi) is 3.08. The maximum absolute atomic E-state index is 4.17. The Balaban J connectivity index is 2.62. The average molecular weight is 218 g/mol. The molecule has 0 bridgehead atoms. The Bertz CT molecular complexity index is 232. The average Bonchev–Trinajstić information content (AvgIpc) is 2.26. The van der Waals surface area contributed by atoms with Crippen LogP contribution in [0.2, 0.25) is 0 Å². The van der Waals surface area contributed by atoms with Crippen molar-refractivity contribution in [1.29, 1.82) is 0 Å². The molecular weight excluding hydrogens is 206 g/mol. The summed E-state index contributed by atoms with van der Waals surface area (Å²) in [7, 11) is 3.90. The van der Waals surface area contributed by atoms with Crippen molar-refractivity contribution in [2.75, 3.05) is 13.6 Å². The molecule has 0 amide bonds. The van der Waals surface area contributed by atoms with Gasteiger partial charge in [-0.25, -0.2) is 0 Å². The molecule has 0 aliphatic rings. The maximum atomic E-state index is 4.17. The van der Waals surface area contributed by atoms with Crippen molar-refractivity contribution in [2.45, 2.75) is 6.42 Å². The predicted molar refractivity (Wildman–Crippen MR) is 48.5 cm³/mol. The minimum Gasteiger partial charge on any atom is -0.319 e. The first kappa shape index (κ1) is 8.74. The van der Waals surface area contributed by atoms with Crippen LogP contribution in [0.4, 0.5) is 0 Å². The Morgan fingerprint density at radius 3 is 2.91 bits per heavy atom. The summed E-state index contributed by atoms with van der Waals surface area (Å²) in [6.07, 6.45) is 1.02. The molecule has 62 valence electrons. The van der Waals surface area contributed by atoms with Crippen molar-refractivity contribution in [1.82, 2.24) is 15.1 Å². The van der Waals surface area contributed by atoms with Gasteiger partial charge >= 0.3 is 0 Å². The first-order valence-corrected chi connectivity index (χ1v) is 4.36. The van der Waals surface area contributed by atoms with Gasteiger partial charge in [-0.05, 0) is 29.0 Å². The highest BCUT2D eigenvalue weighted by Gasteiger charge is 2.00. The van der Waals surface area contributed by atoms with Crippen molar-refractivity contribution >= 4 is 15.9 Å². The Hall–Kier alpha value is -0.350. The molecule has 0 aliphatic heterocycles. The van der Waals surface area contributed by atoms with Crippen molar-refractivity contribution in [2.24, 2.45) is 7.05 Å². The lowest BCUT2D eigenvalue weighted by molar-refractivity contribution is 0.679. The zero-order valence-electron chi connectivity index (χ0n) is 6.76. The molecule has 1 rings (SSSR count). The number of likely N-dealkylation sites (N-methyl/N-ethyl adjacent to an activating group) is 1. The molecule has 0 saturated heterocycles. The molecule has 0 spiro atoms. The number of aryl methyl sites for hydroxylation is 1. The van der Waals surface area contributed by atoms with Gasteiger partial charge in [-0.15, -0.1) is 0 Å². The fourth-order valence-electron chi connectivity index (χ4n) is 0.954. The Morgan fingerprint density at radius 2 is 2.45 bits per heavy atom. The van der Waals surface area contributed by atoms with E-state index in [4.69, 9.17) is 0 Å². The summed E-state index contributed by atoms with van der Waals surface area (Å²) >= 11 is 3.32. The van der Waals surface area contributed by atoms with Crippen LogP contribution in [-0.2, 0) is 13.5 Å². The van der Waals surface area contributed by atoms with E-state index in [1.165, 1.54) is 5.69 Å². The minimum atomic E-state index is 0.908. The fourth-order valence-corrected chi connectivity index (χ4v) is 1.46. The van der Waals surface area contributed by atoms with E-state index < -0.39 is 0 Å². The van der Waals surface area contributed by atoms with Crippen molar-refractivity contribution < 1.29 is 0 Å². The number of hydrogen-bond donors (Lipinski definition) is 1. The number of aromatic nitrogens is 2. The zero-order chi connectivity index (χ0) is 8.27. The number of hydrogen-bond acceptors (Lipinski definition) is 2. The van der Waals surface area contributed by atoms with E-state index >= 15 is 0 Å². The van der Waals surface area contributed by atoms with E-state index in [2.05, 4.69) is 26.3 Å². The smallest absolute Gasteiger partial charge is 0.128 e. The van der Waals surface area contributed by atoms with E-state index in [0.29, 0.717) is 0 Å². The topological polar surface area (TPSA) is 29.9 Å². The second-order valence-electron chi connectivity index (χ2n) is 2.44. The van der Waals surface area contributed by atoms with Crippen molar-refractivity contribution in [3.05, 3.63) is 16.4 Å². The van der Waals surface area contributed by atoms with Crippen LogP contribution in [0.5, 0.6) is 0 Å². The summed E-state index contributed by atoms with van der Waals surface area (Å²) in [4.78, 5) is 0. The standard InChI is InChI=1S/C7H12BrN3/c1-9-4-3-6-5-7(8)10-11(6)2/h5,9H,3-4H2,1-2H3.